The second-order valence-corrected chi connectivity index (χ2v) is 9.63. The molecule has 7 nitrogen and oxygen atoms in total. The molecule has 2 aliphatic rings. The van der Waals surface area contributed by atoms with Crippen molar-refractivity contribution in [1.29, 1.82) is 0 Å². The van der Waals surface area contributed by atoms with E-state index >= 15 is 0 Å². The van der Waals surface area contributed by atoms with Crippen molar-refractivity contribution in [3.05, 3.63) is 59.7 Å². The predicted molar refractivity (Wildman–Crippen MR) is 128 cm³/mol. The van der Waals surface area contributed by atoms with Crippen LogP contribution in [0.1, 0.15) is 43.2 Å². The number of alkyl carbamates (subject to hydrolysis) is 1. The number of nitrogens with zero attached hydrogens (tertiary/aromatic N) is 1. The Morgan fingerprint density at radius 2 is 1.62 bits per heavy atom. The first kappa shape index (κ1) is 23.8. The van der Waals surface area contributed by atoms with Gasteiger partial charge in [-0.05, 0) is 46.9 Å². The fourth-order valence-corrected chi connectivity index (χ4v) is 5.08. The lowest BCUT2D eigenvalue weighted by molar-refractivity contribution is -0.143. The molecule has 1 unspecified atom stereocenters. The van der Waals surface area contributed by atoms with Crippen LogP contribution in [0.15, 0.2) is 48.5 Å². The third kappa shape index (κ3) is 5.24. The Morgan fingerprint density at radius 1 is 1.03 bits per heavy atom. The van der Waals surface area contributed by atoms with Gasteiger partial charge in [-0.3, -0.25) is 9.59 Å². The third-order valence-electron chi connectivity index (χ3n) is 7.07. The topological polar surface area (TPSA) is 95.9 Å². The van der Waals surface area contributed by atoms with Gasteiger partial charge < -0.3 is 20.1 Å². The van der Waals surface area contributed by atoms with Crippen LogP contribution in [0.2, 0.25) is 0 Å². The van der Waals surface area contributed by atoms with E-state index < -0.39 is 18.0 Å². The maximum Gasteiger partial charge on any atom is 0.407 e. The molecule has 2 amide bonds. The van der Waals surface area contributed by atoms with E-state index in [4.69, 9.17) is 9.84 Å². The van der Waals surface area contributed by atoms with Gasteiger partial charge in [-0.15, -0.1) is 0 Å². The molecule has 180 valence electrons. The standard InChI is InChI=1S/C27H32N2O5/c1-17(26(31)32)15-29(2)25(30)13-18-11-19(12-18)14-28-27(33)34-16-24-22-9-5-3-7-20(22)21-8-4-6-10-23(21)24/h3-10,17-19,24H,11-16H2,1-2H3,(H,28,33)(H,31,32). The van der Waals surface area contributed by atoms with Crippen LogP contribution in [0.5, 0.6) is 0 Å². The number of hydrogen-bond acceptors (Lipinski definition) is 4. The molecular weight excluding hydrogens is 432 g/mol. The third-order valence-corrected chi connectivity index (χ3v) is 7.07. The molecule has 1 atom stereocenters. The van der Waals surface area contributed by atoms with Crippen molar-refractivity contribution in [3.63, 3.8) is 0 Å². The van der Waals surface area contributed by atoms with Crippen LogP contribution < -0.4 is 5.32 Å². The first-order chi connectivity index (χ1) is 16.3. The van der Waals surface area contributed by atoms with Crippen LogP contribution in [0.4, 0.5) is 4.79 Å². The highest BCUT2D eigenvalue weighted by Crippen LogP contribution is 2.44. The molecule has 0 spiro atoms. The molecule has 2 aliphatic carbocycles. The van der Waals surface area contributed by atoms with Gasteiger partial charge in [0.05, 0.1) is 5.92 Å². The number of carboxylic acid groups (broad SMARTS) is 1. The number of hydrogen-bond donors (Lipinski definition) is 2. The van der Waals surface area contributed by atoms with Gasteiger partial charge in [0.25, 0.3) is 0 Å². The SMILES string of the molecule is CC(CN(C)C(=O)CC1CC(CNC(=O)OCC2c3ccccc3-c3ccccc32)C1)C(=O)O. The van der Waals surface area contributed by atoms with Gasteiger partial charge in [0.1, 0.15) is 6.61 Å². The molecule has 7 heteroatoms. The highest BCUT2D eigenvalue weighted by molar-refractivity contribution is 5.79. The largest absolute Gasteiger partial charge is 0.481 e. The van der Waals surface area contributed by atoms with E-state index in [0.717, 1.165) is 12.8 Å². The maximum absolute atomic E-state index is 12.3. The molecule has 2 aromatic carbocycles. The minimum Gasteiger partial charge on any atom is -0.481 e. The molecule has 0 aliphatic heterocycles. The molecule has 2 N–H and O–H groups in total. The van der Waals surface area contributed by atoms with Gasteiger partial charge in [-0.1, -0.05) is 55.5 Å². The first-order valence-electron chi connectivity index (χ1n) is 11.9. The van der Waals surface area contributed by atoms with Crippen LogP contribution in [0.3, 0.4) is 0 Å². The smallest absolute Gasteiger partial charge is 0.407 e. The van der Waals surface area contributed by atoms with Crippen LogP contribution in [0.25, 0.3) is 11.1 Å². The van der Waals surface area contributed by atoms with Crippen LogP contribution in [-0.4, -0.2) is 54.7 Å². The first-order valence-corrected chi connectivity index (χ1v) is 11.9. The monoisotopic (exact) mass is 464 g/mol. The molecule has 0 aromatic heterocycles. The molecule has 0 radical (unpaired) electrons. The highest BCUT2D eigenvalue weighted by Gasteiger charge is 2.33. The molecule has 1 fully saturated rings. The lowest BCUT2D eigenvalue weighted by Gasteiger charge is -2.36. The number of ether oxygens (including phenoxy) is 1. The Bertz CT molecular complexity index is 1020. The van der Waals surface area contributed by atoms with Crippen molar-refractivity contribution >= 4 is 18.0 Å². The number of nitrogens with one attached hydrogen (secondary N) is 1. The van der Waals surface area contributed by atoms with Crippen molar-refractivity contribution in [3.8, 4) is 11.1 Å². The van der Waals surface area contributed by atoms with Gasteiger partial charge in [-0.25, -0.2) is 4.79 Å². The summed E-state index contributed by atoms with van der Waals surface area (Å²) in [5.41, 5.74) is 4.77. The average Bonchev–Trinajstić information content (AvgIpc) is 3.12. The maximum atomic E-state index is 12.3. The summed E-state index contributed by atoms with van der Waals surface area (Å²) in [6, 6.07) is 16.5. The molecular formula is C27H32N2O5. The molecule has 2 aromatic rings. The number of benzene rings is 2. The second kappa shape index (κ2) is 10.3. The minimum absolute atomic E-state index is 0.0268. The van der Waals surface area contributed by atoms with Crippen molar-refractivity contribution in [2.75, 3.05) is 26.7 Å². The van der Waals surface area contributed by atoms with Crippen molar-refractivity contribution in [1.82, 2.24) is 10.2 Å². The Balaban J connectivity index is 1.17. The molecule has 4 rings (SSSR count). The summed E-state index contributed by atoms with van der Waals surface area (Å²) in [6.07, 6.45) is 1.75. The normalized spacial score (nSPS) is 19.4. The molecule has 0 bridgehead atoms. The summed E-state index contributed by atoms with van der Waals surface area (Å²) >= 11 is 0. The Labute approximate surface area is 200 Å². The fraction of sp³-hybridized carbons (Fsp3) is 0.444. The van der Waals surface area contributed by atoms with Gasteiger partial charge >= 0.3 is 12.1 Å². The van der Waals surface area contributed by atoms with E-state index in [1.807, 2.05) is 24.3 Å². The predicted octanol–water partition coefficient (Wildman–Crippen LogP) is 4.12. The van der Waals surface area contributed by atoms with E-state index in [2.05, 4.69) is 29.6 Å². The summed E-state index contributed by atoms with van der Waals surface area (Å²) < 4.78 is 5.58. The van der Waals surface area contributed by atoms with Gasteiger partial charge in [0.15, 0.2) is 0 Å². The highest BCUT2D eigenvalue weighted by atomic mass is 16.5. The Kier molecular flexibility index (Phi) is 7.20. The van der Waals surface area contributed by atoms with E-state index in [0.29, 0.717) is 25.5 Å². The summed E-state index contributed by atoms with van der Waals surface area (Å²) in [6.45, 7) is 2.64. The van der Waals surface area contributed by atoms with Crippen molar-refractivity contribution < 1.29 is 24.2 Å². The minimum atomic E-state index is -0.900. The van der Waals surface area contributed by atoms with E-state index in [-0.39, 0.29) is 24.3 Å². The van der Waals surface area contributed by atoms with Crippen LogP contribution >= 0.6 is 0 Å². The lowest BCUT2D eigenvalue weighted by atomic mass is 9.73. The Morgan fingerprint density at radius 3 is 2.21 bits per heavy atom. The second-order valence-electron chi connectivity index (χ2n) is 9.63. The zero-order chi connectivity index (χ0) is 24.2. The zero-order valence-electron chi connectivity index (χ0n) is 19.7. The quantitative estimate of drug-likeness (QED) is 0.582. The Hall–Kier alpha value is -3.35. The zero-order valence-corrected chi connectivity index (χ0v) is 19.7. The number of rotatable bonds is 9. The lowest BCUT2D eigenvalue weighted by Crippen LogP contribution is -2.40. The summed E-state index contributed by atoms with van der Waals surface area (Å²) in [7, 11) is 1.65. The number of amides is 2. The van der Waals surface area contributed by atoms with Crippen LogP contribution in [-0.2, 0) is 14.3 Å². The molecule has 0 heterocycles. The van der Waals surface area contributed by atoms with Gasteiger partial charge in [-0.2, -0.15) is 0 Å². The van der Waals surface area contributed by atoms with Crippen molar-refractivity contribution in [2.45, 2.75) is 32.1 Å². The summed E-state index contributed by atoms with van der Waals surface area (Å²) in [5.74, 6) is -0.850. The van der Waals surface area contributed by atoms with Gasteiger partial charge in [0.2, 0.25) is 5.91 Å². The summed E-state index contributed by atoms with van der Waals surface area (Å²) in [5, 5.41) is 11.9. The number of carboxylic acids is 1. The summed E-state index contributed by atoms with van der Waals surface area (Å²) in [4.78, 5) is 37.1. The molecule has 1 saturated carbocycles. The average molecular weight is 465 g/mol. The van der Waals surface area contributed by atoms with E-state index in [9.17, 15) is 14.4 Å². The van der Waals surface area contributed by atoms with E-state index in [1.165, 1.54) is 27.2 Å². The van der Waals surface area contributed by atoms with Crippen molar-refractivity contribution in [2.24, 2.45) is 17.8 Å². The number of fused-ring (bicyclic) bond motifs is 3. The van der Waals surface area contributed by atoms with Gasteiger partial charge in [0, 0.05) is 32.5 Å². The number of carbonyl (C=O) groups excluding carboxylic acids is 2. The number of carbonyl (C=O) groups is 3. The molecule has 34 heavy (non-hydrogen) atoms. The molecule has 0 saturated heterocycles. The van der Waals surface area contributed by atoms with E-state index in [1.54, 1.807) is 14.0 Å². The fourth-order valence-electron chi connectivity index (χ4n) is 5.08. The van der Waals surface area contributed by atoms with Crippen LogP contribution in [0, 0.1) is 17.8 Å². The number of aliphatic carboxylic acids is 1.